The highest BCUT2D eigenvalue weighted by atomic mass is 32.1. The van der Waals surface area contributed by atoms with Gasteiger partial charge in [0, 0.05) is 12.1 Å². The molecule has 2 amide bonds. The standard InChI is InChI=1S/C10H8F3N3O2S/c11-4-1-5(12)8(6(13)2-4)16-10(18)9(17)15-3-7(14)19/h1-2H,3H2,(H2,14,19)(H,15,17)(H,16,18). The van der Waals surface area contributed by atoms with E-state index in [2.05, 4.69) is 12.2 Å². The lowest BCUT2D eigenvalue weighted by Gasteiger charge is -2.07. The number of rotatable bonds is 3. The van der Waals surface area contributed by atoms with E-state index in [-0.39, 0.29) is 11.5 Å². The number of nitrogens with one attached hydrogen (secondary N) is 2. The fourth-order valence-electron chi connectivity index (χ4n) is 1.08. The molecule has 0 aromatic heterocycles. The van der Waals surface area contributed by atoms with E-state index < -0.39 is 35.0 Å². The van der Waals surface area contributed by atoms with Gasteiger partial charge >= 0.3 is 11.8 Å². The SMILES string of the molecule is NC(=S)CNC(=O)C(=O)Nc1c(F)cc(F)cc1F. The number of halogens is 3. The van der Waals surface area contributed by atoms with Gasteiger partial charge in [0.2, 0.25) is 0 Å². The van der Waals surface area contributed by atoms with Gasteiger partial charge in [-0.15, -0.1) is 0 Å². The second kappa shape index (κ2) is 6.14. The molecule has 1 aromatic carbocycles. The Balaban J connectivity index is 2.77. The van der Waals surface area contributed by atoms with Crippen molar-refractivity contribution in [2.75, 3.05) is 11.9 Å². The molecular weight excluding hydrogens is 283 g/mol. The topological polar surface area (TPSA) is 84.2 Å². The van der Waals surface area contributed by atoms with Crippen LogP contribution in [0.25, 0.3) is 0 Å². The van der Waals surface area contributed by atoms with Crippen LogP contribution in [-0.2, 0) is 9.59 Å². The molecule has 5 nitrogen and oxygen atoms in total. The van der Waals surface area contributed by atoms with Crippen LogP contribution in [0.1, 0.15) is 0 Å². The van der Waals surface area contributed by atoms with Crippen molar-refractivity contribution < 1.29 is 22.8 Å². The van der Waals surface area contributed by atoms with Crippen molar-refractivity contribution in [2.45, 2.75) is 0 Å². The average molecular weight is 291 g/mol. The highest BCUT2D eigenvalue weighted by Gasteiger charge is 2.19. The Morgan fingerprint density at radius 2 is 1.68 bits per heavy atom. The molecule has 0 saturated heterocycles. The van der Waals surface area contributed by atoms with Gasteiger partial charge in [0.15, 0.2) is 11.6 Å². The van der Waals surface area contributed by atoms with E-state index >= 15 is 0 Å². The summed E-state index contributed by atoms with van der Waals surface area (Å²) in [6, 6.07) is 0.733. The highest BCUT2D eigenvalue weighted by Crippen LogP contribution is 2.19. The van der Waals surface area contributed by atoms with E-state index in [4.69, 9.17) is 5.73 Å². The molecule has 0 aliphatic rings. The van der Waals surface area contributed by atoms with Gasteiger partial charge in [-0.1, -0.05) is 12.2 Å². The van der Waals surface area contributed by atoms with E-state index in [1.165, 1.54) is 0 Å². The Labute approximate surface area is 111 Å². The van der Waals surface area contributed by atoms with Crippen molar-refractivity contribution in [1.29, 1.82) is 0 Å². The lowest BCUT2D eigenvalue weighted by molar-refractivity contribution is -0.136. The molecule has 1 aromatic rings. The Morgan fingerprint density at radius 3 is 2.16 bits per heavy atom. The molecule has 19 heavy (non-hydrogen) atoms. The van der Waals surface area contributed by atoms with Gasteiger partial charge in [-0.05, 0) is 0 Å². The largest absolute Gasteiger partial charge is 0.392 e. The van der Waals surface area contributed by atoms with Gasteiger partial charge in [-0.25, -0.2) is 13.2 Å². The molecule has 0 spiro atoms. The summed E-state index contributed by atoms with van der Waals surface area (Å²) in [5.41, 5.74) is 4.16. The van der Waals surface area contributed by atoms with Crippen LogP contribution in [-0.4, -0.2) is 23.3 Å². The van der Waals surface area contributed by atoms with Crippen molar-refractivity contribution in [3.8, 4) is 0 Å². The Morgan fingerprint density at radius 1 is 1.16 bits per heavy atom. The normalized spacial score (nSPS) is 9.84. The lowest BCUT2D eigenvalue weighted by atomic mass is 10.2. The number of benzene rings is 1. The number of amides is 2. The Kier molecular flexibility index (Phi) is 4.81. The number of hydrogen-bond donors (Lipinski definition) is 3. The lowest BCUT2D eigenvalue weighted by Crippen LogP contribution is -2.39. The third kappa shape index (κ3) is 4.21. The van der Waals surface area contributed by atoms with E-state index in [1.54, 1.807) is 5.32 Å². The van der Waals surface area contributed by atoms with Crippen molar-refractivity contribution in [3.05, 3.63) is 29.6 Å². The van der Waals surface area contributed by atoms with Crippen LogP contribution in [0.15, 0.2) is 12.1 Å². The van der Waals surface area contributed by atoms with Gasteiger partial charge in [-0.3, -0.25) is 9.59 Å². The summed E-state index contributed by atoms with van der Waals surface area (Å²) in [7, 11) is 0. The number of carbonyl (C=O) groups excluding carboxylic acids is 2. The molecule has 4 N–H and O–H groups in total. The molecule has 1 rings (SSSR count). The molecule has 0 atom stereocenters. The molecule has 0 bridgehead atoms. The summed E-state index contributed by atoms with van der Waals surface area (Å²) < 4.78 is 39.0. The van der Waals surface area contributed by atoms with Crippen molar-refractivity contribution in [3.63, 3.8) is 0 Å². The van der Waals surface area contributed by atoms with Gasteiger partial charge in [0.1, 0.15) is 11.5 Å². The van der Waals surface area contributed by atoms with Crippen LogP contribution < -0.4 is 16.4 Å². The highest BCUT2D eigenvalue weighted by molar-refractivity contribution is 7.80. The molecule has 0 aliphatic carbocycles. The quantitative estimate of drug-likeness (QED) is 0.557. The molecule has 102 valence electrons. The zero-order chi connectivity index (χ0) is 14.6. The first-order chi connectivity index (χ1) is 8.81. The minimum atomic E-state index is -1.34. The number of carbonyl (C=O) groups is 2. The van der Waals surface area contributed by atoms with E-state index in [9.17, 15) is 22.8 Å². The maximum atomic E-state index is 13.2. The molecule has 0 heterocycles. The molecule has 0 aliphatic heterocycles. The second-order valence-electron chi connectivity index (χ2n) is 3.35. The predicted octanol–water partition coefficient (Wildman–Crippen LogP) is 0.445. The molecule has 0 saturated carbocycles. The van der Waals surface area contributed by atoms with Gasteiger partial charge in [0.05, 0.1) is 11.5 Å². The summed E-state index contributed by atoms with van der Waals surface area (Å²) in [6.45, 7) is -0.240. The van der Waals surface area contributed by atoms with E-state index in [1.807, 2.05) is 5.32 Å². The first-order valence-electron chi connectivity index (χ1n) is 4.83. The van der Waals surface area contributed by atoms with E-state index in [0.29, 0.717) is 12.1 Å². The van der Waals surface area contributed by atoms with Crippen molar-refractivity contribution in [2.24, 2.45) is 5.73 Å². The minimum Gasteiger partial charge on any atom is -0.392 e. The fraction of sp³-hybridized carbons (Fsp3) is 0.100. The number of nitrogens with two attached hydrogens (primary N) is 1. The van der Waals surface area contributed by atoms with Crippen LogP contribution in [0.2, 0.25) is 0 Å². The second-order valence-corrected chi connectivity index (χ2v) is 3.87. The van der Waals surface area contributed by atoms with Crippen LogP contribution in [0.4, 0.5) is 18.9 Å². The van der Waals surface area contributed by atoms with Crippen LogP contribution in [0.5, 0.6) is 0 Å². The number of anilines is 1. The van der Waals surface area contributed by atoms with Crippen LogP contribution >= 0.6 is 12.2 Å². The van der Waals surface area contributed by atoms with Crippen molar-refractivity contribution >= 4 is 34.7 Å². The summed E-state index contributed by atoms with van der Waals surface area (Å²) in [5.74, 6) is -6.34. The Hall–Kier alpha value is -2.16. The van der Waals surface area contributed by atoms with Gasteiger partial charge in [-0.2, -0.15) is 0 Å². The summed E-state index contributed by atoms with van der Waals surface area (Å²) >= 11 is 4.46. The van der Waals surface area contributed by atoms with Crippen LogP contribution in [0, 0.1) is 17.5 Å². The first-order valence-corrected chi connectivity index (χ1v) is 5.24. The Bertz CT molecular complexity index is 528. The summed E-state index contributed by atoms with van der Waals surface area (Å²) in [6.07, 6.45) is 0. The maximum Gasteiger partial charge on any atom is 0.313 e. The molecule has 0 radical (unpaired) electrons. The smallest absolute Gasteiger partial charge is 0.313 e. The summed E-state index contributed by atoms with van der Waals surface area (Å²) in [5, 5.41) is 3.69. The van der Waals surface area contributed by atoms with Gasteiger partial charge in [0.25, 0.3) is 0 Å². The maximum absolute atomic E-state index is 13.2. The average Bonchev–Trinajstić information content (AvgIpc) is 2.30. The fourth-order valence-corrected chi connectivity index (χ4v) is 1.15. The number of thiocarbonyl (C=S) groups is 1. The van der Waals surface area contributed by atoms with Crippen molar-refractivity contribution in [1.82, 2.24) is 5.32 Å². The predicted molar refractivity (Wildman–Crippen MR) is 64.7 cm³/mol. The molecular formula is C10H8F3N3O2S. The zero-order valence-electron chi connectivity index (χ0n) is 9.30. The third-order valence-electron chi connectivity index (χ3n) is 1.87. The summed E-state index contributed by atoms with van der Waals surface area (Å²) in [4.78, 5) is 22.4. The minimum absolute atomic E-state index is 0.0692. The zero-order valence-corrected chi connectivity index (χ0v) is 10.1. The number of hydrogen-bond acceptors (Lipinski definition) is 3. The molecule has 0 fully saturated rings. The molecule has 0 unspecified atom stereocenters. The van der Waals surface area contributed by atoms with Gasteiger partial charge < -0.3 is 16.4 Å². The van der Waals surface area contributed by atoms with E-state index in [0.717, 1.165) is 0 Å². The monoisotopic (exact) mass is 291 g/mol. The third-order valence-corrected chi connectivity index (χ3v) is 2.02. The first kappa shape index (κ1) is 14.9. The molecule has 9 heteroatoms. The van der Waals surface area contributed by atoms with Crippen LogP contribution in [0.3, 0.4) is 0 Å².